The molecule has 0 aromatic heterocycles. The van der Waals surface area contributed by atoms with Crippen molar-refractivity contribution in [2.45, 2.75) is 11.8 Å². The highest BCUT2D eigenvalue weighted by molar-refractivity contribution is 7.89. The second-order valence-electron chi connectivity index (χ2n) is 3.20. The van der Waals surface area contributed by atoms with Gasteiger partial charge in [-0.15, -0.1) is 0 Å². The highest BCUT2D eigenvalue weighted by atomic mass is 32.2. The lowest BCUT2D eigenvalue weighted by Crippen LogP contribution is -2.27. The Morgan fingerprint density at radius 2 is 2.00 bits per heavy atom. The maximum atomic E-state index is 11.6. The third kappa shape index (κ3) is 3.35. The molecule has 4 nitrogen and oxygen atoms in total. The molecule has 0 aliphatic rings. The molecule has 0 saturated heterocycles. The van der Waals surface area contributed by atoms with Crippen molar-refractivity contribution in [1.29, 1.82) is 5.26 Å². The zero-order valence-corrected chi connectivity index (χ0v) is 9.16. The summed E-state index contributed by atoms with van der Waals surface area (Å²) in [5, 5.41) is 8.52. The van der Waals surface area contributed by atoms with E-state index in [0.717, 1.165) is 0 Å². The quantitative estimate of drug-likeness (QED) is 0.833. The van der Waals surface area contributed by atoms with Crippen LogP contribution in [-0.2, 0) is 10.0 Å². The van der Waals surface area contributed by atoms with Crippen LogP contribution in [0.4, 0.5) is 0 Å². The van der Waals surface area contributed by atoms with Gasteiger partial charge in [-0.25, -0.2) is 13.1 Å². The van der Waals surface area contributed by atoms with E-state index >= 15 is 0 Å². The highest BCUT2D eigenvalue weighted by Gasteiger charge is 2.13. The SMILES string of the molecule is CC(C#N)CNS(=O)(=O)c1ccccc1. The molecule has 5 heteroatoms. The monoisotopic (exact) mass is 224 g/mol. The molecule has 1 atom stereocenters. The van der Waals surface area contributed by atoms with Gasteiger partial charge < -0.3 is 0 Å². The molecule has 0 saturated carbocycles. The molecule has 1 unspecified atom stereocenters. The van der Waals surface area contributed by atoms with Gasteiger partial charge in [0.25, 0.3) is 0 Å². The number of sulfonamides is 1. The zero-order chi connectivity index (χ0) is 11.3. The van der Waals surface area contributed by atoms with Crippen molar-refractivity contribution in [3.8, 4) is 6.07 Å². The molecule has 15 heavy (non-hydrogen) atoms. The highest BCUT2D eigenvalue weighted by Crippen LogP contribution is 2.07. The van der Waals surface area contributed by atoms with Crippen LogP contribution in [0.5, 0.6) is 0 Å². The summed E-state index contributed by atoms with van der Waals surface area (Å²) in [5.74, 6) is -0.330. The predicted molar refractivity (Wildman–Crippen MR) is 56.4 cm³/mol. The summed E-state index contributed by atoms with van der Waals surface area (Å²) in [7, 11) is -3.47. The van der Waals surface area contributed by atoms with Gasteiger partial charge in [0.05, 0.1) is 16.9 Å². The summed E-state index contributed by atoms with van der Waals surface area (Å²) in [6.45, 7) is 1.79. The topological polar surface area (TPSA) is 70.0 Å². The fourth-order valence-electron chi connectivity index (χ4n) is 0.963. The minimum Gasteiger partial charge on any atom is -0.210 e. The Bertz CT molecular complexity index is 448. The third-order valence-electron chi connectivity index (χ3n) is 1.85. The van der Waals surface area contributed by atoms with Gasteiger partial charge in [0.1, 0.15) is 0 Å². The van der Waals surface area contributed by atoms with Crippen molar-refractivity contribution >= 4 is 10.0 Å². The minimum atomic E-state index is -3.47. The van der Waals surface area contributed by atoms with Crippen molar-refractivity contribution in [3.63, 3.8) is 0 Å². The second kappa shape index (κ2) is 4.91. The van der Waals surface area contributed by atoms with Crippen molar-refractivity contribution in [2.75, 3.05) is 6.54 Å². The van der Waals surface area contributed by atoms with Gasteiger partial charge in [0, 0.05) is 6.54 Å². The van der Waals surface area contributed by atoms with Gasteiger partial charge in [-0.1, -0.05) is 18.2 Å². The molecule has 0 fully saturated rings. The molecule has 1 rings (SSSR count). The molecular formula is C10H12N2O2S. The molecule has 0 radical (unpaired) electrons. The maximum Gasteiger partial charge on any atom is 0.240 e. The van der Waals surface area contributed by atoms with Crippen molar-refractivity contribution < 1.29 is 8.42 Å². The number of rotatable bonds is 4. The molecule has 0 amide bonds. The minimum absolute atomic E-state index is 0.133. The Morgan fingerprint density at radius 1 is 1.40 bits per heavy atom. The molecular weight excluding hydrogens is 212 g/mol. The van der Waals surface area contributed by atoms with E-state index in [1.54, 1.807) is 25.1 Å². The average molecular weight is 224 g/mol. The Morgan fingerprint density at radius 3 is 2.53 bits per heavy atom. The second-order valence-corrected chi connectivity index (χ2v) is 4.96. The molecule has 1 N–H and O–H groups in total. The summed E-state index contributed by atoms with van der Waals surface area (Å²) in [5.41, 5.74) is 0. The molecule has 0 spiro atoms. The smallest absolute Gasteiger partial charge is 0.210 e. The molecule has 0 bridgehead atoms. The van der Waals surface area contributed by atoms with Crippen LogP contribution in [0.1, 0.15) is 6.92 Å². The molecule has 0 aliphatic carbocycles. The van der Waals surface area contributed by atoms with E-state index in [-0.39, 0.29) is 17.4 Å². The van der Waals surface area contributed by atoms with E-state index < -0.39 is 10.0 Å². The van der Waals surface area contributed by atoms with Crippen LogP contribution in [0.2, 0.25) is 0 Å². The molecule has 1 aromatic rings. The number of benzene rings is 1. The standard InChI is InChI=1S/C10H12N2O2S/c1-9(7-11)8-12-15(13,14)10-5-3-2-4-6-10/h2-6,9,12H,8H2,1H3. The zero-order valence-electron chi connectivity index (χ0n) is 8.34. The van der Waals surface area contributed by atoms with Gasteiger partial charge in [-0.05, 0) is 19.1 Å². The predicted octanol–water partition coefficient (Wildman–Crippen LogP) is 1.12. The van der Waals surface area contributed by atoms with E-state index in [1.165, 1.54) is 12.1 Å². The molecule has 80 valence electrons. The van der Waals surface area contributed by atoms with Gasteiger partial charge in [-0.2, -0.15) is 5.26 Å². The largest absolute Gasteiger partial charge is 0.240 e. The lowest BCUT2D eigenvalue weighted by Gasteiger charge is -2.06. The van der Waals surface area contributed by atoms with Crippen molar-refractivity contribution in [2.24, 2.45) is 5.92 Å². The number of hydrogen-bond donors (Lipinski definition) is 1. The lowest BCUT2D eigenvalue weighted by atomic mass is 10.2. The Balaban J connectivity index is 2.74. The first-order chi connectivity index (χ1) is 7.06. The number of nitriles is 1. The van der Waals surface area contributed by atoms with Crippen LogP contribution in [0, 0.1) is 17.2 Å². The van der Waals surface area contributed by atoms with E-state index in [1.807, 2.05) is 6.07 Å². The summed E-state index contributed by atoms with van der Waals surface area (Å²) < 4.78 is 25.6. The number of nitrogens with zero attached hydrogens (tertiary/aromatic N) is 1. The number of nitrogens with one attached hydrogen (secondary N) is 1. The van der Waals surface area contributed by atoms with Gasteiger partial charge in [0.2, 0.25) is 10.0 Å². The van der Waals surface area contributed by atoms with Gasteiger partial charge in [0.15, 0.2) is 0 Å². The van der Waals surface area contributed by atoms with Gasteiger partial charge >= 0.3 is 0 Å². The van der Waals surface area contributed by atoms with E-state index in [4.69, 9.17) is 5.26 Å². The van der Waals surface area contributed by atoms with Crippen LogP contribution in [0.3, 0.4) is 0 Å². The van der Waals surface area contributed by atoms with Crippen LogP contribution in [0.25, 0.3) is 0 Å². The molecule has 1 aromatic carbocycles. The summed E-state index contributed by atoms with van der Waals surface area (Å²) in [6, 6.07) is 10.0. The Labute approximate surface area is 89.6 Å². The lowest BCUT2D eigenvalue weighted by molar-refractivity contribution is 0.573. The fraction of sp³-hybridized carbons (Fsp3) is 0.300. The first-order valence-corrected chi connectivity index (χ1v) is 5.99. The number of hydrogen-bond acceptors (Lipinski definition) is 3. The van der Waals surface area contributed by atoms with Crippen LogP contribution in [0.15, 0.2) is 35.2 Å². The van der Waals surface area contributed by atoms with E-state index in [0.29, 0.717) is 0 Å². The van der Waals surface area contributed by atoms with Crippen molar-refractivity contribution in [1.82, 2.24) is 4.72 Å². The van der Waals surface area contributed by atoms with Crippen LogP contribution >= 0.6 is 0 Å². The maximum absolute atomic E-state index is 11.6. The fourth-order valence-corrected chi connectivity index (χ4v) is 2.11. The molecule has 0 aliphatic heterocycles. The van der Waals surface area contributed by atoms with E-state index in [2.05, 4.69) is 4.72 Å². The Hall–Kier alpha value is -1.38. The summed E-state index contributed by atoms with van der Waals surface area (Å²) in [4.78, 5) is 0.218. The first kappa shape index (κ1) is 11.7. The molecule has 0 heterocycles. The van der Waals surface area contributed by atoms with Crippen LogP contribution in [-0.4, -0.2) is 15.0 Å². The van der Waals surface area contributed by atoms with E-state index in [9.17, 15) is 8.42 Å². The third-order valence-corrected chi connectivity index (χ3v) is 3.29. The van der Waals surface area contributed by atoms with Gasteiger partial charge in [-0.3, -0.25) is 0 Å². The average Bonchev–Trinajstić information content (AvgIpc) is 2.27. The Kier molecular flexibility index (Phi) is 3.83. The first-order valence-electron chi connectivity index (χ1n) is 4.50. The summed E-state index contributed by atoms with van der Waals surface area (Å²) >= 11 is 0. The summed E-state index contributed by atoms with van der Waals surface area (Å²) in [6.07, 6.45) is 0. The van der Waals surface area contributed by atoms with Crippen molar-refractivity contribution in [3.05, 3.63) is 30.3 Å². The normalized spacial score (nSPS) is 13.1. The van der Waals surface area contributed by atoms with Crippen LogP contribution < -0.4 is 4.72 Å².